The van der Waals surface area contributed by atoms with E-state index in [4.69, 9.17) is 0 Å². The lowest BCUT2D eigenvalue weighted by Gasteiger charge is -2.05. The van der Waals surface area contributed by atoms with Gasteiger partial charge in [-0.05, 0) is 19.1 Å². The number of hydrogen-bond donors (Lipinski definition) is 0. The lowest BCUT2D eigenvalue weighted by Crippen LogP contribution is -2.07. The summed E-state index contributed by atoms with van der Waals surface area (Å²) in [4.78, 5) is 21.4. The van der Waals surface area contributed by atoms with Crippen LogP contribution >= 0.6 is 11.3 Å². The molecule has 0 unspecified atom stereocenters. The third kappa shape index (κ3) is 2.61. The molecule has 0 bridgehead atoms. The number of nitrogens with zero attached hydrogens (tertiary/aromatic N) is 6. The van der Waals surface area contributed by atoms with E-state index in [1.807, 2.05) is 43.9 Å². The van der Waals surface area contributed by atoms with Crippen LogP contribution in [0.5, 0.6) is 0 Å². The Morgan fingerprint density at radius 1 is 1.38 bits per heavy atom. The fraction of sp³-hybridized carbons (Fsp3) is 0.188. The SMILES string of the molecule is Cc1csc(CC(=O)c2cc(-c3ccn(C)n3)cn3ncnc23)n1. The van der Waals surface area contributed by atoms with E-state index in [9.17, 15) is 4.79 Å². The maximum absolute atomic E-state index is 12.8. The summed E-state index contributed by atoms with van der Waals surface area (Å²) in [5.74, 6) is -0.0277. The molecule has 4 aromatic heterocycles. The first kappa shape index (κ1) is 14.7. The van der Waals surface area contributed by atoms with Crippen LogP contribution in [0, 0.1) is 6.92 Å². The molecule has 0 N–H and O–H groups in total. The molecule has 8 heteroatoms. The van der Waals surface area contributed by atoms with Crippen LogP contribution in [0.15, 0.2) is 36.2 Å². The number of hydrogen-bond acceptors (Lipinski definition) is 6. The summed E-state index contributed by atoms with van der Waals surface area (Å²) in [6.07, 6.45) is 5.39. The minimum atomic E-state index is -0.0277. The highest BCUT2D eigenvalue weighted by atomic mass is 32.1. The summed E-state index contributed by atoms with van der Waals surface area (Å²) in [5.41, 5.74) is 3.62. The number of Topliss-reactive ketones (excluding diaryl/α,β-unsaturated/α-hetero) is 1. The Morgan fingerprint density at radius 3 is 2.96 bits per heavy atom. The first-order valence-corrected chi connectivity index (χ1v) is 8.26. The van der Waals surface area contributed by atoms with Crippen molar-refractivity contribution in [3.63, 3.8) is 0 Å². The Morgan fingerprint density at radius 2 is 2.25 bits per heavy atom. The van der Waals surface area contributed by atoms with Crippen molar-refractivity contribution >= 4 is 22.8 Å². The minimum absolute atomic E-state index is 0.0277. The number of aryl methyl sites for hydroxylation is 2. The predicted molar refractivity (Wildman–Crippen MR) is 90.1 cm³/mol. The Labute approximate surface area is 141 Å². The molecule has 0 atom stereocenters. The molecule has 4 heterocycles. The molecule has 0 fully saturated rings. The largest absolute Gasteiger partial charge is 0.294 e. The van der Waals surface area contributed by atoms with Gasteiger partial charge in [0.05, 0.1) is 17.7 Å². The van der Waals surface area contributed by atoms with Crippen molar-refractivity contribution in [2.24, 2.45) is 7.05 Å². The number of carbonyl (C=O) groups excluding carboxylic acids is 1. The lowest BCUT2D eigenvalue weighted by molar-refractivity contribution is 0.0994. The molecule has 0 aliphatic rings. The van der Waals surface area contributed by atoms with Crippen molar-refractivity contribution in [1.82, 2.24) is 29.4 Å². The number of fused-ring (bicyclic) bond motifs is 1. The van der Waals surface area contributed by atoms with E-state index in [-0.39, 0.29) is 12.2 Å². The Hall–Kier alpha value is -2.87. The quantitative estimate of drug-likeness (QED) is 0.534. The zero-order valence-electron chi connectivity index (χ0n) is 13.2. The maximum Gasteiger partial charge on any atom is 0.173 e. The van der Waals surface area contributed by atoms with Crippen LogP contribution < -0.4 is 0 Å². The molecule has 0 radical (unpaired) electrons. The molecule has 0 aliphatic heterocycles. The van der Waals surface area contributed by atoms with E-state index in [1.54, 1.807) is 9.20 Å². The molecule has 0 amide bonds. The lowest BCUT2D eigenvalue weighted by atomic mass is 10.1. The van der Waals surface area contributed by atoms with Crippen LogP contribution in [-0.4, -0.2) is 35.1 Å². The first-order chi connectivity index (χ1) is 11.6. The van der Waals surface area contributed by atoms with Crippen molar-refractivity contribution in [3.05, 3.63) is 52.5 Å². The van der Waals surface area contributed by atoms with Gasteiger partial charge >= 0.3 is 0 Å². The number of carbonyl (C=O) groups is 1. The number of aromatic nitrogens is 6. The van der Waals surface area contributed by atoms with Crippen LogP contribution in [0.25, 0.3) is 16.9 Å². The molecule has 0 aromatic carbocycles. The van der Waals surface area contributed by atoms with Crippen LogP contribution in [0.1, 0.15) is 21.1 Å². The van der Waals surface area contributed by atoms with Gasteiger partial charge in [0.15, 0.2) is 11.4 Å². The second kappa shape index (κ2) is 5.64. The fourth-order valence-electron chi connectivity index (χ4n) is 2.56. The van der Waals surface area contributed by atoms with Crippen LogP contribution in [-0.2, 0) is 13.5 Å². The summed E-state index contributed by atoms with van der Waals surface area (Å²) in [7, 11) is 1.86. The second-order valence-electron chi connectivity index (χ2n) is 5.53. The fourth-order valence-corrected chi connectivity index (χ4v) is 3.33. The number of ketones is 1. The van der Waals surface area contributed by atoms with Gasteiger partial charge in [0.1, 0.15) is 11.3 Å². The van der Waals surface area contributed by atoms with E-state index in [1.165, 1.54) is 17.7 Å². The Kier molecular flexibility index (Phi) is 3.46. The summed E-state index contributed by atoms with van der Waals surface area (Å²) >= 11 is 1.49. The van der Waals surface area contributed by atoms with E-state index >= 15 is 0 Å². The minimum Gasteiger partial charge on any atom is -0.294 e. The zero-order valence-corrected chi connectivity index (χ0v) is 14.0. The molecule has 120 valence electrons. The smallest absolute Gasteiger partial charge is 0.173 e. The predicted octanol–water partition coefficient (Wildman–Crippen LogP) is 2.32. The van der Waals surface area contributed by atoms with Gasteiger partial charge in [0.25, 0.3) is 0 Å². The molecule has 0 spiro atoms. The van der Waals surface area contributed by atoms with E-state index < -0.39 is 0 Å². The van der Waals surface area contributed by atoms with E-state index in [0.29, 0.717) is 11.2 Å². The number of thiazole rings is 1. The zero-order chi connectivity index (χ0) is 16.7. The molecule has 4 rings (SSSR count). The van der Waals surface area contributed by atoms with Gasteiger partial charge in [0.2, 0.25) is 0 Å². The third-order valence-corrected chi connectivity index (χ3v) is 4.63. The summed E-state index contributed by atoms with van der Waals surface area (Å²) in [6.45, 7) is 1.92. The third-order valence-electron chi connectivity index (χ3n) is 3.66. The Balaban J connectivity index is 1.78. The van der Waals surface area contributed by atoms with Gasteiger partial charge in [-0.25, -0.2) is 14.5 Å². The summed E-state index contributed by atoms with van der Waals surface area (Å²) < 4.78 is 3.34. The van der Waals surface area contributed by atoms with Gasteiger partial charge in [-0.15, -0.1) is 11.3 Å². The highest BCUT2D eigenvalue weighted by Gasteiger charge is 2.17. The van der Waals surface area contributed by atoms with Gasteiger partial charge in [-0.1, -0.05) is 0 Å². The summed E-state index contributed by atoms with van der Waals surface area (Å²) in [5, 5.41) is 11.3. The highest BCUT2D eigenvalue weighted by Crippen LogP contribution is 2.22. The maximum atomic E-state index is 12.8. The average Bonchev–Trinajstić information content (AvgIpc) is 3.27. The molecule has 24 heavy (non-hydrogen) atoms. The van der Waals surface area contributed by atoms with Crippen molar-refractivity contribution in [3.8, 4) is 11.3 Å². The monoisotopic (exact) mass is 338 g/mol. The van der Waals surface area contributed by atoms with Crippen molar-refractivity contribution in [2.45, 2.75) is 13.3 Å². The molecule has 7 nitrogen and oxygen atoms in total. The van der Waals surface area contributed by atoms with Gasteiger partial charge < -0.3 is 0 Å². The standard InChI is InChI=1S/C16H14N6OS/c1-10-8-24-15(19-10)6-14(23)12-5-11(13-3-4-21(2)20-13)7-22-16(12)17-9-18-22/h3-5,7-9H,6H2,1-2H3. The van der Waals surface area contributed by atoms with Crippen LogP contribution in [0.3, 0.4) is 0 Å². The molecule has 0 aliphatic carbocycles. The highest BCUT2D eigenvalue weighted by molar-refractivity contribution is 7.09. The molecular weight excluding hydrogens is 324 g/mol. The average molecular weight is 338 g/mol. The van der Waals surface area contributed by atoms with Crippen LogP contribution in [0.2, 0.25) is 0 Å². The van der Waals surface area contributed by atoms with Gasteiger partial charge in [-0.3, -0.25) is 9.48 Å². The number of pyridine rings is 1. The van der Waals surface area contributed by atoms with Crippen molar-refractivity contribution in [2.75, 3.05) is 0 Å². The van der Waals surface area contributed by atoms with Crippen LogP contribution in [0.4, 0.5) is 0 Å². The van der Waals surface area contributed by atoms with Crippen molar-refractivity contribution < 1.29 is 4.79 Å². The molecular formula is C16H14N6OS. The van der Waals surface area contributed by atoms with Gasteiger partial charge in [0, 0.05) is 36.1 Å². The molecule has 4 aromatic rings. The van der Waals surface area contributed by atoms with Gasteiger partial charge in [-0.2, -0.15) is 10.2 Å². The summed E-state index contributed by atoms with van der Waals surface area (Å²) in [6, 6.07) is 3.73. The molecule has 0 saturated heterocycles. The topological polar surface area (TPSA) is 78.0 Å². The van der Waals surface area contributed by atoms with Crippen molar-refractivity contribution in [1.29, 1.82) is 0 Å². The number of rotatable bonds is 4. The first-order valence-electron chi connectivity index (χ1n) is 7.38. The Bertz CT molecular complexity index is 1040. The van der Waals surface area contributed by atoms with E-state index in [0.717, 1.165) is 22.0 Å². The van der Waals surface area contributed by atoms with E-state index in [2.05, 4.69) is 20.2 Å². The normalized spacial score (nSPS) is 11.2. The molecule has 0 saturated carbocycles. The second-order valence-corrected chi connectivity index (χ2v) is 6.47.